The predicted octanol–water partition coefficient (Wildman–Crippen LogP) is 3.74. The Morgan fingerprint density at radius 1 is 1.00 bits per heavy atom. The zero-order chi connectivity index (χ0) is 14.9. The summed E-state index contributed by atoms with van der Waals surface area (Å²) in [6.45, 7) is 1.54. The molecule has 1 unspecified atom stereocenters. The van der Waals surface area contributed by atoms with Gasteiger partial charge in [-0.1, -0.05) is 60.7 Å². The fourth-order valence-electron chi connectivity index (χ4n) is 3.26. The molecule has 4 heteroatoms. The molecule has 2 heterocycles. The van der Waals surface area contributed by atoms with Crippen molar-refractivity contribution in [3.8, 4) is 0 Å². The van der Waals surface area contributed by atoms with Gasteiger partial charge in [-0.15, -0.1) is 11.8 Å². The first-order valence-corrected chi connectivity index (χ1v) is 8.65. The van der Waals surface area contributed by atoms with E-state index in [1.165, 1.54) is 11.1 Å². The Bertz CT molecular complexity index is 661. The Kier molecular flexibility index (Phi) is 3.54. The molecule has 112 valence electrons. The van der Waals surface area contributed by atoms with Crippen molar-refractivity contribution >= 4 is 17.8 Å². The summed E-state index contributed by atoms with van der Waals surface area (Å²) in [7, 11) is 0. The molecule has 2 amide bonds. The molecule has 2 aromatic carbocycles. The van der Waals surface area contributed by atoms with E-state index in [9.17, 15) is 4.79 Å². The molecule has 2 aliphatic rings. The molecule has 4 rings (SSSR count). The summed E-state index contributed by atoms with van der Waals surface area (Å²) in [5.74, 6) is 1.02. The standard InChI is InChI=1S/C18H18N2OS/c21-18-19(11-14-7-3-1-4-8-14)12-16-13-22-17(20(16)18)15-9-5-2-6-10-15/h1-10,16-17H,11-13H2/t16-,17?/m1/s1. The molecule has 0 spiro atoms. The van der Waals surface area contributed by atoms with Crippen molar-refractivity contribution in [3.63, 3.8) is 0 Å². The minimum Gasteiger partial charge on any atom is -0.318 e. The van der Waals surface area contributed by atoms with Gasteiger partial charge in [-0.3, -0.25) is 0 Å². The number of carbonyl (C=O) groups excluding carboxylic acids is 1. The first-order chi connectivity index (χ1) is 10.8. The van der Waals surface area contributed by atoms with E-state index >= 15 is 0 Å². The molecular weight excluding hydrogens is 292 g/mol. The third-order valence-electron chi connectivity index (χ3n) is 4.32. The summed E-state index contributed by atoms with van der Waals surface area (Å²) in [5.41, 5.74) is 2.42. The van der Waals surface area contributed by atoms with Gasteiger partial charge in [0.25, 0.3) is 0 Å². The topological polar surface area (TPSA) is 23.6 Å². The van der Waals surface area contributed by atoms with E-state index in [0.29, 0.717) is 12.6 Å². The maximum Gasteiger partial charge on any atom is 0.321 e. The van der Waals surface area contributed by atoms with Crippen molar-refractivity contribution in [1.29, 1.82) is 0 Å². The molecule has 2 fully saturated rings. The van der Waals surface area contributed by atoms with E-state index < -0.39 is 0 Å². The highest BCUT2D eigenvalue weighted by molar-refractivity contribution is 7.99. The summed E-state index contributed by atoms with van der Waals surface area (Å²) in [6.07, 6.45) is 0. The summed E-state index contributed by atoms with van der Waals surface area (Å²) >= 11 is 1.88. The van der Waals surface area contributed by atoms with Gasteiger partial charge in [0, 0.05) is 18.8 Å². The zero-order valence-electron chi connectivity index (χ0n) is 12.3. The Morgan fingerprint density at radius 3 is 2.41 bits per heavy atom. The number of amides is 2. The van der Waals surface area contributed by atoms with Crippen molar-refractivity contribution in [3.05, 3.63) is 71.8 Å². The van der Waals surface area contributed by atoms with Crippen LogP contribution in [0.15, 0.2) is 60.7 Å². The van der Waals surface area contributed by atoms with Gasteiger partial charge in [0.15, 0.2) is 0 Å². The average Bonchev–Trinajstić information content (AvgIpc) is 3.11. The van der Waals surface area contributed by atoms with E-state index in [1.54, 1.807) is 0 Å². The van der Waals surface area contributed by atoms with Crippen LogP contribution < -0.4 is 0 Å². The number of hydrogen-bond acceptors (Lipinski definition) is 2. The van der Waals surface area contributed by atoms with Crippen LogP contribution in [-0.2, 0) is 6.54 Å². The monoisotopic (exact) mass is 310 g/mol. The first-order valence-electron chi connectivity index (χ1n) is 7.60. The highest BCUT2D eigenvalue weighted by Crippen LogP contribution is 2.44. The number of urea groups is 1. The highest BCUT2D eigenvalue weighted by Gasteiger charge is 2.46. The minimum absolute atomic E-state index is 0.166. The van der Waals surface area contributed by atoms with Crippen molar-refractivity contribution in [2.24, 2.45) is 0 Å². The van der Waals surface area contributed by atoms with Crippen molar-refractivity contribution in [2.75, 3.05) is 12.3 Å². The maximum absolute atomic E-state index is 12.8. The molecule has 22 heavy (non-hydrogen) atoms. The molecule has 3 nitrogen and oxygen atoms in total. The smallest absolute Gasteiger partial charge is 0.318 e. The van der Waals surface area contributed by atoms with E-state index in [4.69, 9.17) is 0 Å². The van der Waals surface area contributed by atoms with Gasteiger partial charge < -0.3 is 9.80 Å². The second kappa shape index (κ2) is 5.69. The lowest BCUT2D eigenvalue weighted by molar-refractivity contribution is 0.185. The van der Waals surface area contributed by atoms with Gasteiger partial charge in [0.1, 0.15) is 5.37 Å². The predicted molar refractivity (Wildman–Crippen MR) is 89.5 cm³/mol. The Morgan fingerprint density at radius 2 is 1.68 bits per heavy atom. The molecule has 0 radical (unpaired) electrons. The summed E-state index contributed by atoms with van der Waals surface area (Å²) in [6, 6.07) is 21.1. The van der Waals surface area contributed by atoms with Crippen LogP contribution in [0.3, 0.4) is 0 Å². The number of thioether (sulfide) groups is 1. The lowest BCUT2D eigenvalue weighted by Gasteiger charge is -2.24. The normalized spacial score (nSPS) is 23.9. The SMILES string of the molecule is O=C1N(Cc2ccccc2)C[C@@H]2CSC(c3ccccc3)N12. The lowest BCUT2D eigenvalue weighted by Crippen LogP contribution is -2.33. The number of hydrogen-bond donors (Lipinski definition) is 0. The molecule has 2 aromatic rings. The first kappa shape index (κ1) is 13.7. The van der Waals surface area contributed by atoms with Crippen molar-refractivity contribution in [2.45, 2.75) is 18.0 Å². The van der Waals surface area contributed by atoms with E-state index in [2.05, 4.69) is 29.2 Å². The Hall–Kier alpha value is -1.94. The van der Waals surface area contributed by atoms with Crippen molar-refractivity contribution < 1.29 is 4.79 Å². The number of carbonyl (C=O) groups is 1. The van der Waals surface area contributed by atoms with Gasteiger partial charge in [-0.05, 0) is 11.1 Å². The van der Waals surface area contributed by atoms with Gasteiger partial charge in [0.2, 0.25) is 0 Å². The average molecular weight is 310 g/mol. The Balaban J connectivity index is 1.54. The van der Waals surface area contributed by atoms with Crippen LogP contribution in [0.1, 0.15) is 16.5 Å². The quantitative estimate of drug-likeness (QED) is 0.862. The Labute approximate surface area is 134 Å². The largest absolute Gasteiger partial charge is 0.321 e. The number of rotatable bonds is 3. The van der Waals surface area contributed by atoms with Crippen LogP contribution in [0.25, 0.3) is 0 Å². The third kappa shape index (κ3) is 2.37. The number of nitrogens with zero attached hydrogens (tertiary/aromatic N) is 2. The molecule has 2 aliphatic heterocycles. The van der Waals surface area contributed by atoms with Crippen LogP contribution in [0, 0.1) is 0 Å². The molecular formula is C18H18N2OS. The van der Waals surface area contributed by atoms with E-state index in [1.807, 2.05) is 53.1 Å². The van der Waals surface area contributed by atoms with Crippen LogP contribution in [0.2, 0.25) is 0 Å². The van der Waals surface area contributed by atoms with Gasteiger partial charge in [-0.2, -0.15) is 0 Å². The van der Waals surface area contributed by atoms with Crippen LogP contribution in [-0.4, -0.2) is 34.2 Å². The highest BCUT2D eigenvalue weighted by atomic mass is 32.2. The van der Waals surface area contributed by atoms with E-state index in [0.717, 1.165) is 12.3 Å². The van der Waals surface area contributed by atoms with E-state index in [-0.39, 0.29) is 11.4 Å². The molecule has 2 atom stereocenters. The fourth-order valence-corrected chi connectivity index (χ4v) is 4.70. The summed E-state index contributed by atoms with van der Waals surface area (Å²) in [4.78, 5) is 16.9. The van der Waals surface area contributed by atoms with Gasteiger partial charge in [0.05, 0.1) is 6.04 Å². The molecule has 0 saturated carbocycles. The summed E-state index contributed by atoms with van der Waals surface area (Å²) < 4.78 is 0. The molecule has 0 aromatic heterocycles. The van der Waals surface area contributed by atoms with Crippen molar-refractivity contribution in [1.82, 2.24) is 9.80 Å². The molecule has 0 N–H and O–H groups in total. The second-order valence-corrected chi connectivity index (χ2v) is 6.92. The van der Waals surface area contributed by atoms with Crippen LogP contribution >= 0.6 is 11.8 Å². The summed E-state index contributed by atoms with van der Waals surface area (Å²) in [5, 5.41) is 0.166. The minimum atomic E-state index is 0.166. The van der Waals surface area contributed by atoms with Crippen LogP contribution in [0.5, 0.6) is 0 Å². The van der Waals surface area contributed by atoms with Crippen LogP contribution in [0.4, 0.5) is 4.79 Å². The molecule has 0 aliphatic carbocycles. The molecule has 0 bridgehead atoms. The zero-order valence-corrected chi connectivity index (χ0v) is 13.1. The third-order valence-corrected chi connectivity index (χ3v) is 5.71. The number of fused-ring (bicyclic) bond motifs is 1. The maximum atomic E-state index is 12.8. The molecule has 2 saturated heterocycles. The number of benzene rings is 2. The lowest BCUT2D eigenvalue weighted by atomic mass is 10.2. The van der Waals surface area contributed by atoms with Gasteiger partial charge >= 0.3 is 6.03 Å². The fraction of sp³-hybridized carbons (Fsp3) is 0.278. The van der Waals surface area contributed by atoms with Gasteiger partial charge in [-0.25, -0.2) is 4.79 Å². The second-order valence-electron chi connectivity index (χ2n) is 5.81.